The molecule has 0 N–H and O–H groups in total. The van der Waals surface area contributed by atoms with Gasteiger partial charge in [0.05, 0.1) is 19.6 Å². The highest BCUT2D eigenvalue weighted by Crippen LogP contribution is 2.75. The Bertz CT molecular complexity index is 477. The number of halogens is 6. The minimum atomic E-state index is -5.50. The first kappa shape index (κ1) is 23.0. The van der Waals surface area contributed by atoms with Crippen molar-refractivity contribution in [2.45, 2.75) is 56.8 Å². The Morgan fingerprint density at radius 3 is 1.67 bits per heavy atom. The molecule has 0 aliphatic rings. The molecule has 0 amide bonds. The molecule has 0 aromatic heterocycles. The van der Waals surface area contributed by atoms with E-state index in [9.17, 15) is 22.0 Å². The maximum Gasteiger partial charge on any atom is 0.393 e. The van der Waals surface area contributed by atoms with Crippen molar-refractivity contribution in [3.8, 4) is 12.1 Å². The van der Waals surface area contributed by atoms with Crippen molar-refractivity contribution in [3.63, 3.8) is 0 Å². The number of hydrogen-bond donors (Lipinski definition) is 0. The normalized spacial score (nSPS) is 15.4. The fourth-order valence-electron chi connectivity index (χ4n) is 2.54. The van der Waals surface area contributed by atoms with Gasteiger partial charge in [-0.05, 0) is 12.8 Å². The molecule has 9 heteroatoms. The molecule has 0 saturated carbocycles. The first-order valence-electron chi connectivity index (χ1n) is 7.70. The van der Waals surface area contributed by atoms with Crippen molar-refractivity contribution in [1.29, 1.82) is 10.5 Å². The van der Waals surface area contributed by atoms with E-state index in [-0.39, 0.29) is 25.2 Å². The molecule has 24 heavy (non-hydrogen) atoms. The first-order chi connectivity index (χ1) is 11.1. The van der Waals surface area contributed by atoms with Gasteiger partial charge in [-0.2, -0.15) is 32.5 Å². The minimum Gasteiger partial charge on any atom is -0.244 e. The van der Waals surface area contributed by atoms with Crippen LogP contribution in [-0.4, -0.2) is 42.4 Å². The van der Waals surface area contributed by atoms with Crippen molar-refractivity contribution in [2.24, 2.45) is 0 Å². The highest BCUT2D eigenvalue weighted by molar-refractivity contribution is 7.77. The van der Waals surface area contributed by atoms with Crippen LogP contribution in [0.2, 0.25) is 0 Å². The maximum absolute atomic E-state index is 15.3. The molecule has 0 spiro atoms. The largest absolute Gasteiger partial charge is 0.393 e. The summed E-state index contributed by atoms with van der Waals surface area (Å²) in [5.41, 5.74) is 0. The molecule has 138 valence electrons. The zero-order valence-electron chi connectivity index (χ0n) is 13.8. The van der Waals surface area contributed by atoms with Crippen molar-refractivity contribution in [2.75, 3.05) is 25.2 Å². The van der Waals surface area contributed by atoms with E-state index in [4.69, 9.17) is 10.5 Å². The van der Waals surface area contributed by atoms with E-state index < -0.39 is 37.4 Å². The van der Waals surface area contributed by atoms with Crippen LogP contribution in [0.4, 0.5) is 26.3 Å². The minimum absolute atomic E-state index is 0.223. The molecule has 0 radical (unpaired) electrons. The summed E-state index contributed by atoms with van der Waals surface area (Å²) in [7, 11) is -3.77. The summed E-state index contributed by atoms with van der Waals surface area (Å²) in [6.45, 7) is 0.615. The quantitative estimate of drug-likeness (QED) is 0.351. The van der Waals surface area contributed by atoms with E-state index in [1.807, 2.05) is 0 Å². The maximum atomic E-state index is 15.3. The fraction of sp³-hybridized carbons (Fsp3) is 0.867. The lowest BCUT2D eigenvalue weighted by Gasteiger charge is -2.40. The van der Waals surface area contributed by atoms with Gasteiger partial charge in [0.25, 0.3) is 0 Å². The lowest BCUT2D eigenvalue weighted by molar-refractivity contribution is -0.244. The SMILES string of the molecule is CCCC[P+](CC#N)(CCCC)C(F)(C#N)C(F)(F)C(F)(F)CF. The van der Waals surface area contributed by atoms with Gasteiger partial charge in [-0.3, -0.25) is 0 Å². The molecule has 0 rings (SSSR count). The summed E-state index contributed by atoms with van der Waals surface area (Å²) in [6, 6.07) is 2.33. The third-order valence-corrected chi connectivity index (χ3v) is 8.88. The summed E-state index contributed by atoms with van der Waals surface area (Å²) in [5.74, 6) is -10.8. The number of unbranched alkanes of at least 4 members (excludes halogenated alkanes) is 2. The summed E-state index contributed by atoms with van der Waals surface area (Å²) in [6.07, 6.45) is 0.221. The topological polar surface area (TPSA) is 47.6 Å². The summed E-state index contributed by atoms with van der Waals surface area (Å²) < 4.78 is 83.1. The van der Waals surface area contributed by atoms with E-state index in [2.05, 4.69) is 0 Å². The zero-order valence-corrected chi connectivity index (χ0v) is 14.7. The molecule has 0 aliphatic carbocycles. The van der Waals surface area contributed by atoms with Gasteiger partial charge in [-0.15, -0.1) is 0 Å². The predicted molar refractivity (Wildman–Crippen MR) is 82.3 cm³/mol. The molecule has 0 aliphatic heterocycles. The van der Waals surface area contributed by atoms with E-state index in [0.29, 0.717) is 12.8 Å². The Morgan fingerprint density at radius 1 is 0.917 bits per heavy atom. The Morgan fingerprint density at radius 2 is 1.38 bits per heavy atom. The molecular weight excluding hydrogens is 353 g/mol. The summed E-state index contributed by atoms with van der Waals surface area (Å²) in [4.78, 5) is 0. The van der Waals surface area contributed by atoms with E-state index in [1.54, 1.807) is 19.9 Å². The Labute approximate surface area is 139 Å². The molecule has 1 atom stereocenters. The van der Waals surface area contributed by atoms with Crippen LogP contribution in [0.1, 0.15) is 39.5 Å². The molecular formula is C15H22F6N2P+. The highest BCUT2D eigenvalue weighted by atomic mass is 31.2. The van der Waals surface area contributed by atoms with Gasteiger partial charge in [0.15, 0.2) is 12.7 Å². The second-order valence-electron chi connectivity index (χ2n) is 5.76. The Balaban J connectivity index is 6.34. The number of nitrogens with zero attached hydrogens (tertiary/aromatic N) is 2. The molecule has 1 unspecified atom stereocenters. The van der Waals surface area contributed by atoms with Crippen LogP contribution in [0, 0.1) is 22.7 Å². The molecule has 0 bridgehead atoms. The van der Waals surface area contributed by atoms with Crippen LogP contribution < -0.4 is 0 Å². The van der Waals surface area contributed by atoms with Gasteiger partial charge in [0.1, 0.15) is 12.2 Å². The Kier molecular flexibility index (Phi) is 8.53. The molecule has 2 nitrogen and oxygen atoms in total. The number of nitriles is 2. The molecule has 0 aromatic carbocycles. The van der Waals surface area contributed by atoms with E-state index in [1.165, 1.54) is 0 Å². The predicted octanol–water partition coefficient (Wildman–Crippen LogP) is 5.56. The van der Waals surface area contributed by atoms with Gasteiger partial charge < -0.3 is 0 Å². The van der Waals surface area contributed by atoms with Crippen molar-refractivity contribution >= 4 is 7.26 Å². The van der Waals surface area contributed by atoms with Crippen LogP contribution in [0.25, 0.3) is 0 Å². The van der Waals surface area contributed by atoms with Crippen molar-refractivity contribution in [3.05, 3.63) is 0 Å². The van der Waals surface area contributed by atoms with Crippen molar-refractivity contribution < 1.29 is 26.3 Å². The highest BCUT2D eigenvalue weighted by Gasteiger charge is 2.81. The second kappa shape index (κ2) is 8.90. The molecule has 0 saturated heterocycles. The first-order valence-corrected chi connectivity index (χ1v) is 10.0. The molecule has 0 heterocycles. The number of alkyl halides is 6. The van der Waals surface area contributed by atoms with Gasteiger partial charge >= 0.3 is 17.3 Å². The molecule has 0 aromatic rings. The van der Waals surface area contributed by atoms with Gasteiger partial charge in [-0.1, -0.05) is 26.7 Å². The van der Waals surface area contributed by atoms with Crippen LogP contribution in [0.5, 0.6) is 0 Å². The van der Waals surface area contributed by atoms with Crippen LogP contribution in [0.15, 0.2) is 0 Å². The standard InChI is InChI=1S/C15H22F6N2P/c1-3-5-8-24(10-7-22,9-6-4-2)14(19,12-23)15(20,21)13(17,18)11-16/h3-6,8-11H2,1-2H3/q+1. The smallest absolute Gasteiger partial charge is 0.244 e. The average molecular weight is 375 g/mol. The Hall–Kier alpha value is -1.01. The summed E-state index contributed by atoms with van der Waals surface area (Å²) in [5, 5.41) is 13.8. The van der Waals surface area contributed by atoms with Gasteiger partial charge in [-0.25, -0.2) is 4.39 Å². The van der Waals surface area contributed by atoms with Gasteiger partial charge in [0.2, 0.25) is 0 Å². The average Bonchev–Trinajstić information content (AvgIpc) is 2.56. The van der Waals surface area contributed by atoms with Crippen molar-refractivity contribution in [1.82, 2.24) is 0 Å². The van der Waals surface area contributed by atoms with Gasteiger partial charge in [0, 0.05) is 0 Å². The lowest BCUT2D eigenvalue weighted by atomic mass is 10.1. The third kappa shape index (κ3) is 3.97. The molecule has 0 fully saturated rings. The van der Waals surface area contributed by atoms with Crippen LogP contribution in [-0.2, 0) is 0 Å². The zero-order chi connectivity index (χ0) is 19.1. The van der Waals surface area contributed by atoms with E-state index >= 15 is 4.39 Å². The fourth-order valence-corrected chi connectivity index (χ4v) is 7.00. The second-order valence-corrected chi connectivity index (χ2v) is 9.88. The lowest BCUT2D eigenvalue weighted by Crippen LogP contribution is -2.58. The summed E-state index contributed by atoms with van der Waals surface area (Å²) >= 11 is 0. The monoisotopic (exact) mass is 375 g/mol. The van der Waals surface area contributed by atoms with Crippen LogP contribution >= 0.6 is 7.26 Å². The number of hydrogen-bond acceptors (Lipinski definition) is 2. The third-order valence-electron chi connectivity index (χ3n) is 4.10. The van der Waals surface area contributed by atoms with E-state index in [0.717, 1.165) is 6.07 Å². The van der Waals surface area contributed by atoms with Crippen LogP contribution in [0.3, 0.4) is 0 Å². The number of rotatable bonds is 11.